The van der Waals surface area contributed by atoms with Gasteiger partial charge in [-0.05, 0) is 124 Å². The Labute approximate surface area is 377 Å². The zero-order chi connectivity index (χ0) is 45.2. The third kappa shape index (κ3) is 6.15. The molecule has 1 saturated carbocycles. The number of amides is 1. The molecule has 66 heavy (non-hydrogen) atoms. The molecule has 17 heteroatoms. The van der Waals surface area contributed by atoms with Crippen molar-refractivity contribution in [3.63, 3.8) is 0 Å². The van der Waals surface area contributed by atoms with Gasteiger partial charge in [-0.1, -0.05) is 18.1 Å². The highest BCUT2D eigenvalue weighted by molar-refractivity contribution is 6.00. The molecule has 3 fully saturated rings. The monoisotopic (exact) mass is 892 g/mol. The van der Waals surface area contributed by atoms with E-state index in [1.54, 1.807) is 52.2 Å². The zero-order valence-corrected chi connectivity index (χ0v) is 37.2. The number of aromatic nitrogens is 9. The van der Waals surface area contributed by atoms with E-state index in [-0.39, 0.29) is 29.4 Å². The quantitative estimate of drug-likeness (QED) is 0.170. The number of hydrogen-bond donors (Lipinski definition) is 1. The van der Waals surface area contributed by atoms with Crippen LogP contribution in [0.3, 0.4) is 0 Å². The smallest absolute Gasteiger partial charge is 0.381 e. The molecule has 3 aliphatic heterocycles. The van der Waals surface area contributed by atoms with Gasteiger partial charge < -0.3 is 18.9 Å². The van der Waals surface area contributed by atoms with Crippen molar-refractivity contribution in [2.45, 2.75) is 83.3 Å². The molecule has 8 heterocycles. The maximum Gasteiger partial charge on any atom is 0.438 e. The topological polar surface area (TPSA) is 165 Å². The second-order valence-corrected chi connectivity index (χ2v) is 18.6. The number of benzene rings is 3. The lowest BCUT2D eigenvalue weighted by Gasteiger charge is -2.34. The fraction of sp³-hybridized carbons (Fsp3) is 0.388. The van der Waals surface area contributed by atoms with Gasteiger partial charge in [-0.25, -0.2) is 18.7 Å². The Hall–Kier alpha value is -6.85. The summed E-state index contributed by atoms with van der Waals surface area (Å²) in [6.07, 6.45) is 9.04. The Bertz CT molecular complexity index is 3350. The summed E-state index contributed by atoms with van der Waals surface area (Å²) in [4.78, 5) is 47.5. The minimum Gasteiger partial charge on any atom is -0.381 e. The average Bonchev–Trinajstić information content (AvgIpc) is 4.10. The number of nitrogens with one attached hydrogen (secondary N) is 1. The molecule has 1 aliphatic carbocycles. The number of carbonyl (C=O) groups excluding carboxylic acids is 1. The van der Waals surface area contributed by atoms with E-state index in [0.29, 0.717) is 97.1 Å². The van der Waals surface area contributed by atoms with Gasteiger partial charge in [-0.2, -0.15) is 10.2 Å². The Morgan fingerprint density at radius 1 is 0.879 bits per heavy atom. The molecule has 0 bridgehead atoms. The summed E-state index contributed by atoms with van der Waals surface area (Å²) in [5.41, 5.74) is 5.91. The van der Waals surface area contributed by atoms with Crippen molar-refractivity contribution in [3.8, 4) is 17.2 Å². The summed E-state index contributed by atoms with van der Waals surface area (Å²) >= 11 is 0. The molecule has 1 unspecified atom stereocenters. The Kier molecular flexibility index (Phi) is 9.30. The third-order valence-electron chi connectivity index (χ3n) is 14.7. The summed E-state index contributed by atoms with van der Waals surface area (Å²) < 4.78 is 40.5. The fourth-order valence-electron chi connectivity index (χ4n) is 11.1. The maximum atomic E-state index is 15.5. The van der Waals surface area contributed by atoms with Crippen LogP contribution in [0.25, 0.3) is 39.0 Å². The fourth-order valence-corrected chi connectivity index (χ4v) is 11.1. The van der Waals surface area contributed by atoms with Crippen molar-refractivity contribution in [3.05, 3.63) is 140 Å². The van der Waals surface area contributed by atoms with Crippen LogP contribution < -0.4 is 11.4 Å². The number of hydrogen-bond acceptors (Lipinski definition) is 9. The van der Waals surface area contributed by atoms with Crippen LogP contribution in [-0.4, -0.2) is 87.2 Å². The van der Waals surface area contributed by atoms with E-state index in [2.05, 4.69) is 44.9 Å². The Morgan fingerprint density at radius 3 is 2.36 bits per heavy atom. The van der Waals surface area contributed by atoms with E-state index in [9.17, 15) is 9.59 Å². The largest absolute Gasteiger partial charge is 0.438 e. The molecule has 5 aromatic heterocycles. The number of carbonyl (C=O) groups is 1. The SMILES string of the molecule is Cc1cc(-n2nc3c(c2-n2ccn(-c4ccc5c(cnn5C5CCOC5)c4)c2=O)[C@H](C)N(C(=O)c2cc4cc(C5CCOCC5)ccc4n2[C@@]2(c4noc(=O)[nH]4)C[C@@H]2C)CC3)cc(C)c1F. The minimum atomic E-state index is -0.819. The highest BCUT2D eigenvalue weighted by Crippen LogP contribution is 2.56. The number of imidazole rings is 1. The molecular weight excluding hydrogens is 844 g/mol. The number of rotatable bonds is 8. The van der Waals surface area contributed by atoms with Gasteiger partial charge in [-0.3, -0.25) is 28.1 Å². The van der Waals surface area contributed by atoms with Crippen molar-refractivity contribution in [1.29, 1.82) is 0 Å². The van der Waals surface area contributed by atoms with Gasteiger partial charge in [0.05, 0.1) is 47.5 Å². The van der Waals surface area contributed by atoms with Crippen molar-refractivity contribution < 1.29 is 23.2 Å². The van der Waals surface area contributed by atoms with Crippen LogP contribution in [0.2, 0.25) is 0 Å². The lowest BCUT2D eigenvalue weighted by molar-refractivity contribution is 0.0663. The summed E-state index contributed by atoms with van der Waals surface area (Å²) in [5.74, 6) is 0.0412. The maximum absolute atomic E-state index is 15.5. The van der Waals surface area contributed by atoms with E-state index in [1.165, 1.54) is 5.56 Å². The van der Waals surface area contributed by atoms with Gasteiger partial charge in [0.25, 0.3) is 5.91 Å². The van der Waals surface area contributed by atoms with Crippen molar-refractivity contribution >= 4 is 27.7 Å². The summed E-state index contributed by atoms with van der Waals surface area (Å²) in [6.45, 7) is 10.5. The van der Waals surface area contributed by atoms with Crippen LogP contribution >= 0.6 is 0 Å². The number of halogens is 1. The molecule has 4 atom stereocenters. The van der Waals surface area contributed by atoms with Crippen LogP contribution in [0.4, 0.5) is 4.39 Å². The van der Waals surface area contributed by atoms with Crippen molar-refractivity contribution in [1.82, 2.24) is 48.3 Å². The summed E-state index contributed by atoms with van der Waals surface area (Å²) in [7, 11) is 0. The highest BCUT2D eigenvalue weighted by Gasteiger charge is 2.59. The third-order valence-corrected chi connectivity index (χ3v) is 14.7. The van der Waals surface area contributed by atoms with Crippen LogP contribution in [0, 0.1) is 25.6 Å². The molecule has 1 N–H and O–H groups in total. The molecule has 16 nitrogen and oxygen atoms in total. The van der Waals surface area contributed by atoms with Crippen LogP contribution in [0.1, 0.15) is 102 Å². The lowest BCUT2D eigenvalue weighted by Crippen LogP contribution is -2.41. The van der Waals surface area contributed by atoms with Gasteiger partial charge in [0.1, 0.15) is 22.9 Å². The first-order valence-electron chi connectivity index (χ1n) is 22.9. The first-order chi connectivity index (χ1) is 32.0. The van der Waals surface area contributed by atoms with Gasteiger partial charge in [0.2, 0.25) is 0 Å². The number of ether oxygens (including phenoxy) is 2. The van der Waals surface area contributed by atoms with E-state index < -0.39 is 17.3 Å². The predicted molar refractivity (Wildman–Crippen MR) is 242 cm³/mol. The van der Waals surface area contributed by atoms with E-state index in [4.69, 9.17) is 19.1 Å². The van der Waals surface area contributed by atoms with Crippen LogP contribution in [-0.2, 0) is 21.4 Å². The second kappa shape index (κ2) is 15.1. The second-order valence-electron chi connectivity index (χ2n) is 18.6. The number of nitrogens with zero attached hydrogens (tertiary/aromatic N) is 9. The van der Waals surface area contributed by atoms with Gasteiger partial charge in [0, 0.05) is 67.0 Å². The first-order valence-corrected chi connectivity index (χ1v) is 22.9. The minimum absolute atomic E-state index is 0.0307. The molecular formula is C49H49FN10O6. The normalized spacial score (nSPS) is 22.2. The highest BCUT2D eigenvalue weighted by atomic mass is 19.1. The standard InChI is InChI=1S/C49H49FN10O6/c1-27-19-37(20-28(2)43(27)50)60-44(57-15-14-56(48(57)63)35-6-8-40-34(22-35)25-51-59(40)36-12-18-65-26-36)42-30(4)55(13-9-38(42)53-60)45(61)41-23-33-21-32(31-10-16-64-17-11-31)5-7-39(33)58(41)49(24-29(49)3)46-52-47(62)66-54-46/h5-8,14-15,19-23,25,29-31,36H,9-13,16-18,24,26H2,1-4H3,(H,52,54,62)/t29-,30-,36?,49-/m0/s1. The predicted octanol–water partition coefficient (Wildman–Crippen LogP) is 6.95. The molecule has 1 amide bonds. The lowest BCUT2D eigenvalue weighted by atomic mass is 9.91. The molecule has 12 rings (SSSR count). The molecule has 338 valence electrons. The van der Waals surface area contributed by atoms with Crippen molar-refractivity contribution in [2.75, 3.05) is 33.0 Å². The number of aryl methyl sites for hydroxylation is 2. The van der Waals surface area contributed by atoms with E-state index in [0.717, 1.165) is 46.8 Å². The van der Waals surface area contributed by atoms with Crippen molar-refractivity contribution in [2.24, 2.45) is 5.92 Å². The first kappa shape index (κ1) is 40.6. The molecule has 4 aliphatic rings. The number of aromatic amines is 1. The zero-order valence-electron chi connectivity index (χ0n) is 37.2. The molecule has 8 aromatic rings. The number of fused-ring (bicyclic) bond motifs is 3. The van der Waals surface area contributed by atoms with Crippen LogP contribution in [0.15, 0.2) is 87.3 Å². The average molecular weight is 893 g/mol. The number of H-pyrrole nitrogens is 1. The molecule has 2 saturated heterocycles. The van der Waals surface area contributed by atoms with E-state index in [1.807, 2.05) is 47.0 Å². The van der Waals surface area contributed by atoms with Gasteiger partial charge in [0.15, 0.2) is 5.82 Å². The Balaban J connectivity index is 0.981. The van der Waals surface area contributed by atoms with Gasteiger partial charge in [-0.15, -0.1) is 0 Å². The van der Waals surface area contributed by atoms with Gasteiger partial charge >= 0.3 is 11.4 Å². The Morgan fingerprint density at radius 2 is 1.64 bits per heavy atom. The molecule has 0 radical (unpaired) electrons. The van der Waals surface area contributed by atoms with E-state index >= 15 is 9.18 Å². The summed E-state index contributed by atoms with van der Waals surface area (Å²) in [5, 5.41) is 15.8. The molecule has 0 spiro atoms. The van der Waals surface area contributed by atoms with Crippen LogP contribution in [0.5, 0.6) is 0 Å². The molecule has 3 aromatic carbocycles. The summed E-state index contributed by atoms with van der Waals surface area (Å²) in [6, 6.07) is 17.3.